The van der Waals surface area contributed by atoms with Crippen LogP contribution in [-0.2, 0) is 19.2 Å². The molecule has 0 unspecified atom stereocenters. The molecule has 3 aliphatic carbocycles. The van der Waals surface area contributed by atoms with Gasteiger partial charge in [-0.2, -0.15) is 0 Å². The third-order valence-corrected chi connectivity index (χ3v) is 8.76. The topological polar surface area (TPSA) is 129 Å². The molecule has 6 rings (SSSR count). The molecule has 2 amide bonds. The molecule has 1 saturated heterocycles. The number of nitrogens with zero attached hydrogens (tertiary/aromatic N) is 1. The Morgan fingerprint density at radius 1 is 0.950 bits per heavy atom. The quantitative estimate of drug-likeness (QED) is 0.339. The second-order valence-corrected chi connectivity index (χ2v) is 11.1. The minimum atomic E-state index is -1.17. The van der Waals surface area contributed by atoms with E-state index in [9.17, 15) is 34.2 Å². The van der Waals surface area contributed by atoms with E-state index in [1.54, 1.807) is 20.8 Å². The van der Waals surface area contributed by atoms with Gasteiger partial charge < -0.3 is 10.2 Å². The Morgan fingerprint density at radius 3 is 2.33 bits per heavy atom. The fraction of sp³-hybridized carbons (Fsp3) is 0.281. The van der Waals surface area contributed by atoms with Gasteiger partial charge in [0.25, 0.3) is 0 Å². The number of fused-ring (bicyclic) bond motifs is 3. The number of rotatable bonds is 3. The zero-order valence-corrected chi connectivity index (χ0v) is 22.2. The minimum Gasteiger partial charge on any atom is -0.507 e. The third kappa shape index (κ3) is 3.62. The van der Waals surface area contributed by atoms with Crippen molar-refractivity contribution in [1.29, 1.82) is 0 Å². The number of aryl methyl sites for hydroxylation is 2. The summed E-state index contributed by atoms with van der Waals surface area (Å²) in [6.07, 6.45) is 3.71. The number of amides is 2. The van der Waals surface area contributed by atoms with E-state index in [0.717, 1.165) is 16.0 Å². The number of aromatic carboxylic acids is 1. The summed E-state index contributed by atoms with van der Waals surface area (Å²) in [6, 6.07) is 9.36. The molecule has 1 fully saturated rings. The third-order valence-electron chi connectivity index (χ3n) is 8.76. The fourth-order valence-corrected chi connectivity index (χ4v) is 6.93. The molecule has 0 aromatic heterocycles. The van der Waals surface area contributed by atoms with Crippen LogP contribution < -0.4 is 4.90 Å². The molecule has 0 radical (unpaired) electrons. The van der Waals surface area contributed by atoms with Crippen molar-refractivity contribution in [2.45, 2.75) is 39.5 Å². The van der Waals surface area contributed by atoms with Gasteiger partial charge in [-0.25, -0.2) is 4.79 Å². The van der Waals surface area contributed by atoms with Crippen LogP contribution >= 0.6 is 0 Å². The van der Waals surface area contributed by atoms with E-state index < -0.39 is 41.5 Å². The standard InChI is InChI=1S/C32H27NO7/c1-14-9-18(10-15(2)28(14)35)25-20-7-8-21-26(22(20)13-23-24(34)11-16(3)29(36)27(23)25)31(38)33(30(21)37)19-6-4-5-17(12-19)32(39)40/h4-7,9-12,21-22,25-26,35H,8,13H2,1-3H3,(H,39,40)/t21-,22+,25-,26-/m0/s1. The van der Waals surface area contributed by atoms with Crippen molar-refractivity contribution in [3.05, 3.63) is 93.1 Å². The predicted molar refractivity (Wildman–Crippen MR) is 145 cm³/mol. The lowest BCUT2D eigenvalue weighted by molar-refractivity contribution is -0.123. The van der Waals surface area contributed by atoms with Crippen molar-refractivity contribution in [3.63, 3.8) is 0 Å². The Labute approximate surface area is 230 Å². The molecule has 0 saturated carbocycles. The second-order valence-electron chi connectivity index (χ2n) is 11.1. The molecule has 8 heteroatoms. The fourth-order valence-electron chi connectivity index (χ4n) is 6.93. The molecule has 2 aromatic rings. The molecule has 40 heavy (non-hydrogen) atoms. The van der Waals surface area contributed by atoms with Crippen LogP contribution in [0.4, 0.5) is 5.69 Å². The minimum absolute atomic E-state index is 0.0362. The second kappa shape index (κ2) is 8.98. The highest BCUT2D eigenvalue weighted by Crippen LogP contribution is 2.55. The molecule has 1 heterocycles. The Morgan fingerprint density at radius 2 is 1.65 bits per heavy atom. The molecule has 4 aliphatic rings. The number of benzene rings is 2. The van der Waals surface area contributed by atoms with Crippen molar-refractivity contribution in [3.8, 4) is 5.75 Å². The van der Waals surface area contributed by atoms with Crippen molar-refractivity contribution in [2.24, 2.45) is 17.8 Å². The molecule has 2 aromatic carbocycles. The maximum atomic E-state index is 14.0. The van der Waals surface area contributed by atoms with Crippen molar-refractivity contribution in [2.75, 3.05) is 4.90 Å². The molecule has 1 aliphatic heterocycles. The number of hydrogen-bond acceptors (Lipinski definition) is 6. The largest absolute Gasteiger partial charge is 0.507 e. The molecule has 0 spiro atoms. The highest BCUT2D eigenvalue weighted by molar-refractivity contribution is 6.25. The lowest BCUT2D eigenvalue weighted by Crippen LogP contribution is -2.39. The summed E-state index contributed by atoms with van der Waals surface area (Å²) in [5.41, 5.74) is 4.10. The van der Waals surface area contributed by atoms with Gasteiger partial charge in [-0.05, 0) is 80.5 Å². The molecule has 202 valence electrons. The SMILES string of the molecule is CC1=CC(=O)C2=C(C1=O)[C@@H](c1cc(C)c(O)c(C)c1)C1=CC[C@@H]3C(=O)N(c4cccc(C(=O)O)c4)C(=O)[C@@H]3[C@@H]1C2. The zero-order valence-electron chi connectivity index (χ0n) is 22.2. The number of carbonyl (C=O) groups is 5. The van der Waals surface area contributed by atoms with E-state index in [4.69, 9.17) is 0 Å². The van der Waals surface area contributed by atoms with E-state index in [1.165, 1.54) is 30.3 Å². The highest BCUT2D eigenvalue weighted by Gasteiger charge is 2.56. The van der Waals surface area contributed by atoms with Gasteiger partial charge in [-0.1, -0.05) is 29.8 Å². The van der Waals surface area contributed by atoms with Crippen molar-refractivity contribution < 1.29 is 34.2 Å². The smallest absolute Gasteiger partial charge is 0.335 e. The summed E-state index contributed by atoms with van der Waals surface area (Å²) in [7, 11) is 0. The monoisotopic (exact) mass is 537 g/mol. The maximum Gasteiger partial charge on any atom is 0.335 e. The van der Waals surface area contributed by atoms with E-state index in [1.807, 2.05) is 18.2 Å². The lowest BCUT2D eigenvalue weighted by Gasteiger charge is -2.42. The molecular weight excluding hydrogens is 510 g/mol. The van der Waals surface area contributed by atoms with Crippen LogP contribution in [-0.4, -0.2) is 39.6 Å². The van der Waals surface area contributed by atoms with Gasteiger partial charge in [0.05, 0.1) is 23.1 Å². The number of imide groups is 1. The Balaban J connectivity index is 1.49. The first-order valence-electron chi connectivity index (χ1n) is 13.2. The molecule has 2 N–H and O–H groups in total. The first-order chi connectivity index (χ1) is 19.0. The predicted octanol–water partition coefficient (Wildman–Crippen LogP) is 4.34. The van der Waals surface area contributed by atoms with Gasteiger partial charge >= 0.3 is 5.97 Å². The van der Waals surface area contributed by atoms with Gasteiger partial charge in [0, 0.05) is 22.6 Å². The summed E-state index contributed by atoms with van der Waals surface area (Å²) in [4.78, 5) is 67.0. The number of carboxylic acids is 1. The normalized spacial score (nSPS) is 25.8. The van der Waals surface area contributed by atoms with Gasteiger partial charge in [-0.15, -0.1) is 0 Å². The Hall–Kier alpha value is -4.59. The highest BCUT2D eigenvalue weighted by atomic mass is 16.4. The van der Waals surface area contributed by atoms with Crippen LogP contribution in [0.5, 0.6) is 5.75 Å². The average Bonchev–Trinajstić information content (AvgIpc) is 3.18. The van der Waals surface area contributed by atoms with E-state index >= 15 is 0 Å². The average molecular weight is 538 g/mol. The Kier molecular flexibility index (Phi) is 5.76. The summed E-state index contributed by atoms with van der Waals surface area (Å²) >= 11 is 0. The summed E-state index contributed by atoms with van der Waals surface area (Å²) in [5.74, 6) is -4.85. The van der Waals surface area contributed by atoms with Crippen LogP contribution in [0.3, 0.4) is 0 Å². The first-order valence-corrected chi connectivity index (χ1v) is 13.2. The number of carboxylic acid groups (broad SMARTS) is 1. The van der Waals surface area contributed by atoms with Crippen LogP contribution in [0.15, 0.2) is 70.8 Å². The van der Waals surface area contributed by atoms with Crippen LogP contribution in [0.2, 0.25) is 0 Å². The van der Waals surface area contributed by atoms with Gasteiger partial charge in [-0.3, -0.25) is 24.1 Å². The number of phenols is 1. The molecule has 4 atom stereocenters. The van der Waals surface area contributed by atoms with Crippen LogP contribution in [0, 0.1) is 31.6 Å². The van der Waals surface area contributed by atoms with Crippen LogP contribution in [0.25, 0.3) is 0 Å². The number of allylic oxidation sites excluding steroid dienone is 6. The van der Waals surface area contributed by atoms with E-state index in [-0.39, 0.29) is 41.4 Å². The number of phenolic OH excluding ortho intramolecular Hbond substituents is 1. The van der Waals surface area contributed by atoms with E-state index in [2.05, 4.69) is 0 Å². The molecule has 8 nitrogen and oxygen atoms in total. The molecular formula is C32H27NO7. The lowest BCUT2D eigenvalue weighted by atomic mass is 9.59. The zero-order chi connectivity index (χ0) is 28.6. The van der Waals surface area contributed by atoms with Gasteiger partial charge in [0.2, 0.25) is 11.8 Å². The number of anilines is 1. The maximum absolute atomic E-state index is 14.0. The van der Waals surface area contributed by atoms with Gasteiger partial charge in [0.15, 0.2) is 11.6 Å². The number of carbonyl (C=O) groups excluding carboxylic acids is 4. The summed E-state index contributed by atoms with van der Waals surface area (Å²) in [6.45, 7) is 5.16. The summed E-state index contributed by atoms with van der Waals surface area (Å²) < 4.78 is 0. The van der Waals surface area contributed by atoms with E-state index in [0.29, 0.717) is 27.8 Å². The van der Waals surface area contributed by atoms with Gasteiger partial charge in [0.1, 0.15) is 5.75 Å². The number of aromatic hydroxyl groups is 1. The Bertz CT molecular complexity index is 1650. The van der Waals surface area contributed by atoms with Crippen LogP contribution in [0.1, 0.15) is 52.7 Å². The number of hydrogen-bond donors (Lipinski definition) is 2. The van der Waals surface area contributed by atoms with Crippen molar-refractivity contribution >= 4 is 35.0 Å². The molecule has 0 bridgehead atoms. The number of ketones is 2. The van der Waals surface area contributed by atoms with Crippen molar-refractivity contribution in [1.82, 2.24) is 0 Å². The number of Topliss-reactive ketones (excluding diaryl/α,β-unsaturated/α-hetero) is 1. The summed E-state index contributed by atoms with van der Waals surface area (Å²) in [5, 5.41) is 19.9. The first kappa shape index (κ1) is 25.7.